The number of allylic oxidation sites excluding steroid dienone is 1. The number of nitrogens with one attached hydrogen (secondary N) is 1. The third kappa shape index (κ3) is 3.19. The van der Waals surface area contributed by atoms with E-state index in [9.17, 15) is 14.7 Å². The molecule has 4 rings (SSSR count). The van der Waals surface area contributed by atoms with Crippen molar-refractivity contribution < 1.29 is 24.2 Å². The van der Waals surface area contributed by atoms with Gasteiger partial charge < -0.3 is 19.6 Å². The summed E-state index contributed by atoms with van der Waals surface area (Å²) < 4.78 is 10.2. The molecule has 5 atom stereocenters. The van der Waals surface area contributed by atoms with Crippen LogP contribution in [0.1, 0.15) is 55.6 Å². The van der Waals surface area contributed by atoms with Crippen molar-refractivity contribution in [2.24, 2.45) is 22.7 Å². The molecule has 172 valence electrons. The molecule has 2 fully saturated rings. The number of aromatic nitrogens is 1. The van der Waals surface area contributed by atoms with Crippen molar-refractivity contribution in [1.29, 1.82) is 0 Å². The number of fused-ring (bicyclic) bond motifs is 2. The monoisotopic (exact) mass is 439 g/mol. The number of carbonyl (C=O) groups is 2. The minimum Gasteiger partial charge on any atom is -0.469 e. The first-order valence-corrected chi connectivity index (χ1v) is 11.3. The summed E-state index contributed by atoms with van der Waals surface area (Å²) in [4.78, 5) is 28.7. The molecule has 0 radical (unpaired) electrons. The molecule has 0 amide bonds. The van der Waals surface area contributed by atoms with Crippen LogP contribution in [0.2, 0.25) is 0 Å². The van der Waals surface area contributed by atoms with E-state index in [4.69, 9.17) is 9.47 Å². The molecule has 2 aliphatic carbocycles. The van der Waals surface area contributed by atoms with Crippen molar-refractivity contribution in [3.63, 3.8) is 0 Å². The van der Waals surface area contributed by atoms with Gasteiger partial charge in [0.05, 0.1) is 25.7 Å². The molecular formula is C26H33NO5. The van der Waals surface area contributed by atoms with E-state index >= 15 is 0 Å². The lowest BCUT2D eigenvalue weighted by Crippen LogP contribution is -2.59. The smallest absolute Gasteiger partial charge is 0.354 e. The second kappa shape index (κ2) is 8.07. The highest BCUT2D eigenvalue weighted by Crippen LogP contribution is 2.62. The van der Waals surface area contributed by atoms with Gasteiger partial charge in [-0.2, -0.15) is 0 Å². The molecule has 6 heteroatoms. The van der Waals surface area contributed by atoms with Crippen LogP contribution in [-0.2, 0) is 20.7 Å². The first kappa shape index (κ1) is 22.6. The number of methoxy groups -OCH3 is 2. The highest BCUT2D eigenvalue weighted by atomic mass is 16.5. The van der Waals surface area contributed by atoms with E-state index < -0.39 is 17.5 Å². The summed E-state index contributed by atoms with van der Waals surface area (Å²) in [5, 5.41) is 11.9. The average Bonchev–Trinajstić information content (AvgIpc) is 3.16. The summed E-state index contributed by atoms with van der Waals surface area (Å²) in [5.41, 5.74) is 2.19. The highest BCUT2D eigenvalue weighted by Gasteiger charge is 2.61. The Morgan fingerprint density at radius 2 is 1.91 bits per heavy atom. The summed E-state index contributed by atoms with van der Waals surface area (Å²) in [7, 11) is 2.78. The maximum atomic E-state index is 12.9. The van der Waals surface area contributed by atoms with Gasteiger partial charge in [0.25, 0.3) is 0 Å². The fourth-order valence-electron chi connectivity index (χ4n) is 6.62. The Labute approximate surface area is 189 Å². The molecule has 6 nitrogen and oxygen atoms in total. The minimum absolute atomic E-state index is 0.0477. The molecule has 0 spiro atoms. The van der Waals surface area contributed by atoms with E-state index in [1.807, 2.05) is 31.2 Å². The van der Waals surface area contributed by atoms with Crippen LogP contribution in [0.3, 0.4) is 0 Å². The first-order chi connectivity index (χ1) is 15.2. The number of hydrogen-bond acceptors (Lipinski definition) is 5. The molecular weight excluding hydrogens is 406 g/mol. The Hall–Kier alpha value is -2.60. The topological polar surface area (TPSA) is 88.6 Å². The molecule has 1 aromatic heterocycles. The van der Waals surface area contributed by atoms with Crippen molar-refractivity contribution in [3.8, 4) is 0 Å². The number of hydrogen-bond donors (Lipinski definition) is 2. The van der Waals surface area contributed by atoms with Gasteiger partial charge in [0.15, 0.2) is 0 Å². The molecule has 1 heterocycles. The predicted molar refractivity (Wildman–Crippen MR) is 122 cm³/mol. The number of ether oxygens (including phenoxy) is 2. The quantitative estimate of drug-likeness (QED) is 0.544. The van der Waals surface area contributed by atoms with E-state index in [1.54, 1.807) is 0 Å². The average molecular weight is 440 g/mol. The lowest BCUT2D eigenvalue weighted by atomic mass is 9.45. The summed E-state index contributed by atoms with van der Waals surface area (Å²) >= 11 is 0. The van der Waals surface area contributed by atoms with Crippen LogP contribution in [0.25, 0.3) is 10.9 Å². The number of esters is 2. The van der Waals surface area contributed by atoms with Gasteiger partial charge >= 0.3 is 11.9 Å². The second-order valence-electron chi connectivity index (χ2n) is 9.86. The molecule has 2 aliphatic rings. The van der Waals surface area contributed by atoms with E-state index in [-0.39, 0.29) is 23.2 Å². The molecule has 2 N–H and O–H groups in total. The van der Waals surface area contributed by atoms with Crippen molar-refractivity contribution in [2.45, 2.75) is 52.1 Å². The van der Waals surface area contributed by atoms with Gasteiger partial charge in [-0.05, 0) is 67.9 Å². The van der Waals surface area contributed by atoms with Crippen LogP contribution in [0.4, 0.5) is 0 Å². The minimum atomic E-state index is -0.966. The maximum Gasteiger partial charge on any atom is 0.354 e. The van der Waals surface area contributed by atoms with Gasteiger partial charge in [-0.3, -0.25) is 4.79 Å². The number of para-hydroxylation sites is 1. The van der Waals surface area contributed by atoms with Crippen LogP contribution in [0, 0.1) is 22.7 Å². The Morgan fingerprint density at radius 1 is 1.19 bits per heavy atom. The van der Waals surface area contributed by atoms with Crippen molar-refractivity contribution >= 4 is 22.8 Å². The number of aliphatic hydroxyl groups excluding tert-OH is 1. The summed E-state index contributed by atoms with van der Waals surface area (Å²) in [6.07, 6.45) is 2.75. The Morgan fingerprint density at radius 3 is 2.59 bits per heavy atom. The third-order valence-electron chi connectivity index (χ3n) is 8.45. The van der Waals surface area contributed by atoms with E-state index in [0.717, 1.165) is 41.3 Å². The zero-order valence-electron chi connectivity index (χ0n) is 19.4. The van der Waals surface area contributed by atoms with Crippen LogP contribution >= 0.6 is 0 Å². The molecule has 2 saturated carbocycles. The van der Waals surface area contributed by atoms with Crippen LogP contribution < -0.4 is 0 Å². The van der Waals surface area contributed by atoms with Crippen molar-refractivity contribution in [3.05, 3.63) is 47.7 Å². The molecule has 2 aromatic rings. The number of aliphatic hydroxyl groups is 1. The maximum absolute atomic E-state index is 12.9. The lowest BCUT2D eigenvalue weighted by molar-refractivity contribution is -0.186. The van der Waals surface area contributed by atoms with E-state index in [0.29, 0.717) is 18.5 Å². The number of aromatic amines is 1. The zero-order valence-corrected chi connectivity index (χ0v) is 19.4. The Balaban J connectivity index is 1.80. The van der Waals surface area contributed by atoms with Gasteiger partial charge in [0.1, 0.15) is 5.69 Å². The van der Waals surface area contributed by atoms with E-state index in [2.05, 4.69) is 18.5 Å². The molecule has 0 bridgehead atoms. The lowest BCUT2D eigenvalue weighted by Gasteiger charge is -2.59. The van der Waals surface area contributed by atoms with Gasteiger partial charge in [0, 0.05) is 10.9 Å². The standard InChI is InChI=1S/C26H33NO5/c1-15-10-11-20-25(2,13-12-21(28)26(20,3)24(30)32-5)18(15)14-17-16-8-6-7-9-19(16)27-22(17)23(29)31-4/h6-9,18,20-21,27-28H,1,10-14H2,2-5H3/t18-,20?,21+,25-,26?/m1/s1. The second-order valence-corrected chi connectivity index (χ2v) is 9.86. The molecule has 0 aliphatic heterocycles. The normalized spacial score (nSPS) is 32.4. The van der Waals surface area contributed by atoms with Gasteiger partial charge in [-0.1, -0.05) is 37.3 Å². The van der Waals surface area contributed by atoms with Crippen LogP contribution in [0.15, 0.2) is 36.4 Å². The number of carbonyl (C=O) groups excluding carboxylic acids is 2. The molecule has 32 heavy (non-hydrogen) atoms. The summed E-state index contributed by atoms with van der Waals surface area (Å²) in [5.74, 6) is -0.735. The van der Waals surface area contributed by atoms with E-state index in [1.165, 1.54) is 14.2 Å². The van der Waals surface area contributed by atoms with Crippen LogP contribution in [0.5, 0.6) is 0 Å². The molecule has 2 unspecified atom stereocenters. The van der Waals surface area contributed by atoms with Crippen molar-refractivity contribution in [2.75, 3.05) is 14.2 Å². The Bertz CT molecular complexity index is 1070. The number of H-pyrrole nitrogens is 1. The molecule has 0 saturated heterocycles. The summed E-state index contributed by atoms with van der Waals surface area (Å²) in [6, 6.07) is 7.87. The van der Waals surface area contributed by atoms with Crippen LogP contribution in [-0.4, -0.2) is 42.4 Å². The first-order valence-electron chi connectivity index (χ1n) is 11.3. The molecule has 1 aromatic carbocycles. The fourth-order valence-corrected chi connectivity index (χ4v) is 6.62. The predicted octanol–water partition coefficient (Wildman–Crippen LogP) is 4.42. The fraction of sp³-hybridized carbons (Fsp3) is 0.538. The van der Waals surface area contributed by atoms with Gasteiger partial charge in [-0.15, -0.1) is 0 Å². The highest BCUT2D eigenvalue weighted by molar-refractivity contribution is 5.98. The third-order valence-corrected chi connectivity index (χ3v) is 8.45. The summed E-state index contributed by atoms with van der Waals surface area (Å²) in [6.45, 7) is 8.48. The number of rotatable bonds is 4. The Kier molecular flexibility index (Phi) is 5.70. The van der Waals surface area contributed by atoms with Gasteiger partial charge in [-0.25, -0.2) is 4.79 Å². The zero-order chi connectivity index (χ0) is 23.3. The SMILES string of the molecule is C=C1CCC2C(C)(C(=O)OC)[C@@H](O)CC[C@]2(C)[C@@H]1Cc1c(C(=O)OC)[nH]c2ccccc12. The number of benzene rings is 1. The largest absolute Gasteiger partial charge is 0.469 e. The van der Waals surface area contributed by atoms with Crippen molar-refractivity contribution in [1.82, 2.24) is 4.98 Å². The van der Waals surface area contributed by atoms with Gasteiger partial charge in [0.2, 0.25) is 0 Å².